The molecule has 0 fully saturated rings. The number of carbonyl (C=O) groups is 1. The van der Waals surface area contributed by atoms with Crippen molar-refractivity contribution >= 4 is 17.7 Å². The molecular formula is C6H10O2S. The number of hydrogen-bond donors (Lipinski definition) is 0. The van der Waals surface area contributed by atoms with Crippen molar-refractivity contribution in [2.24, 2.45) is 0 Å². The lowest BCUT2D eigenvalue weighted by molar-refractivity contribution is -0.135. The molecule has 0 saturated carbocycles. The smallest absolute Gasteiger partial charge is 0.333 e. The van der Waals surface area contributed by atoms with E-state index in [4.69, 9.17) is 0 Å². The zero-order valence-electron chi connectivity index (χ0n) is 5.64. The molecule has 0 N–H and O–H groups in total. The van der Waals surface area contributed by atoms with Crippen LogP contribution in [0.2, 0.25) is 0 Å². The lowest BCUT2D eigenvalue weighted by atomic mass is 10.4. The number of methoxy groups -OCH3 is 1. The number of thioether (sulfide) groups is 1. The molecule has 0 atom stereocenters. The van der Waals surface area contributed by atoms with Crippen molar-refractivity contribution in [2.75, 3.05) is 19.1 Å². The molecule has 0 amide bonds. The second-order valence-electron chi connectivity index (χ2n) is 1.53. The number of rotatable bonds is 3. The Labute approximate surface area is 59.3 Å². The molecular weight excluding hydrogens is 136 g/mol. The van der Waals surface area contributed by atoms with Gasteiger partial charge in [-0.2, -0.15) is 11.8 Å². The van der Waals surface area contributed by atoms with Gasteiger partial charge in [-0.3, -0.25) is 0 Å². The van der Waals surface area contributed by atoms with E-state index < -0.39 is 0 Å². The van der Waals surface area contributed by atoms with E-state index in [0.29, 0.717) is 11.3 Å². The van der Waals surface area contributed by atoms with E-state index in [1.165, 1.54) is 7.11 Å². The minimum atomic E-state index is -0.315. The topological polar surface area (TPSA) is 26.3 Å². The van der Waals surface area contributed by atoms with Crippen LogP contribution in [-0.2, 0) is 9.53 Å². The molecule has 0 saturated heterocycles. The van der Waals surface area contributed by atoms with Crippen molar-refractivity contribution in [3.63, 3.8) is 0 Å². The molecule has 0 aliphatic heterocycles. The van der Waals surface area contributed by atoms with E-state index in [0.717, 1.165) is 0 Å². The van der Waals surface area contributed by atoms with Gasteiger partial charge in [0.05, 0.1) is 7.11 Å². The summed E-state index contributed by atoms with van der Waals surface area (Å²) in [6.45, 7) is 3.52. The van der Waals surface area contributed by atoms with Crippen molar-refractivity contribution in [3.05, 3.63) is 12.2 Å². The zero-order chi connectivity index (χ0) is 7.28. The molecule has 0 aliphatic rings. The van der Waals surface area contributed by atoms with Gasteiger partial charge in [0.25, 0.3) is 0 Å². The summed E-state index contributed by atoms with van der Waals surface area (Å²) < 4.78 is 4.41. The van der Waals surface area contributed by atoms with Crippen LogP contribution in [0.25, 0.3) is 0 Å². The molecule has 0 bridgehead atoms. The average molecular weight is 146 g/mol. The molecule has 2 nitrogen and oxygen atoms in total. The highest BCUT2D eigenvalue weighted by molar-refractivity contribution is 7.98. The maximum absolute atomic E-state index is 10.6. The van der Waals surface area contributed by atoms with Crippen LogP contribution < -0.4 is 0 Å². The van der Waals surface area contributed by atoms with Crippen molar-refractivity contribution in [3.8, 4) is 0 Å². The van der Waals surface area contributed by atoms with Gasteiger partial charge >= 0.3 is 5.97 Å². The van der Waals surface area contributed by atoms with Crippen LogP contribution >= 0.6 is 11.8 Å². The minimum Gasteiger partial charge on any atom is -0.466 e. The van der Waals surface area contributed by atoms with Crippen LogP contribution in [0.15, 0.2) is 12.2 Å². The van der Waals surface area contributed by atoms with Gasteiger partial charge in [0.1, 0.15) is 0 Å². The van der Waals surface area contributed by atoms with Crippen LogP contribution in [0.4, 0.5) is 0 Å². The predicted octanol–water partition coefficient (Wildman–Crippen LogP) is 1.08. The molecule has 3 heteroatoms. The summed E-state index contributed by atoms with van der Waals surface area (Å²) in [5.74, 6) is 0.330. The van der Waals surface area contributed by atoms with Crippen LogP contribution in [-0.4, -0.2) is 25.1 Å². The zero-order valence-corrected chi connectivity index (χ0v) is 6.46. The molecule has 0 aromatic heterocycles. The van der Waals surface area contributed by atoms with Crippen molar-refractivity contribution in [2.45, 2.75) is 0 Å². The molecule has 0 aromatic carbocycles. The second-order valence-corrected chi connectivity index (χ2v) is 2.39. The van der Waals surface area contributed by atoms with Crippen LogP contribution in [0.1, 0.15) is 0 Å². The molecule has 0 unspecified atom stereocenters. The SMILES string of the molecule is C=C(CSC)C(=O)OC. The summed E-state index contributed by atoms with van der Waals surface area (Å²) in [5.41, 5.74) is 0.519. The molecule has 0 aliphatic carbocycles. The summed E-state index contributed by atoms with van der Waals surface area (Å²) in [4.78, 5) is 10.6. The third-order valence-electron chi connectivity index (χ3n) is 0.793. The highest BCUT2D eigenvalue weighted by atomic mass is 32.2. The largest absolute Gasteiger partial charge is 0.466 e. The monoisotopic (exact) mass is 146 g/mol. The number of esters is 1. The predicted molar refractivity (Wildman–Crippen MR) is 39.5 cm³/mol. The summed E-state index contributed by atoms with van der Waals surface area (Å²) in [7, 11) is 1.36. The summed E-state index contributed by atoms with van der Waals surface area (Å²) >= 11 is 1.55. The molecule has 0 heterocycles. The van der Waals surface area contributed by atoms with Crippen molar-refractivity contribution < 1.29 is 9.53 Å². The van der Waals surface area contributed by atoms with Crippen LogP contribution in [0.5, 0.6) is 0 Å². The fourth-order valence-electron chi connectivity index (χ4n) is 0.377. The minimum absolute atomic E-state index is 0.315. The van der Waals surface area contributed by atoms with Gasteiger partial charge in [-0.05, 0) is 6.26 Å². The Morgan fingerprint density at radius 3 is 2.67 bits per heavy atom. The van der Waals surface area contributed by atoms with E-state index in [2.05, 4.69) is 11.3 Å². The van der Waals surface area contributed by atoms with E-state index in [-0.39, 0.29) is 5.97 Å². The van der Waals surface area contributed by atoms with E-state index >= 15 is 0 Å². The van der Waals surface area contributed by atoms with Crippen LogP contribution in [0.3, 0.4) is 0 Å². The first-order valence-corrected chi connectivity index (χ1v) is 3.86. The summed E-state index contributed by atoms with van der Waals surface area (Å²) in [6.07, 6.45) is 1.91. The first-order valence-electron chi connectivity index (χ1n) is 2.47. The molecule has 52 valence electrons. The first-order chi connectivity index (χ1) is 4.22. The fourth-order valence-corrected chi connectivity index (χ4v) is 0.844. The van der Waals surface area contributed by atoms with E-state index in [1.807, 2.05) is 6.26 Å². The Hall–Kier alpha value is -0.440. The van der Waals surface area contributed by atoms with Crippen molar-refractivity contribution in [1.82, 2.24) is 0 Å². The van der Waals surface area contributed by atoms with Gasteiger partial charge in [0.2, 0.25) is 0 Å². The standard InChI is InChI=1S/C6H10O2S/c1-5(4-9-3)6(7)8-2/h1,4H2,2-3H3. The third kappa shape index (κ3) is 3.19. The third-order valence-corrected chi connectivity index (χ3v) is 1.43. The lowest BCUT2D eigenvalue weighted by Crippen LogP contribution is -2.04. The van der Waals surface area contributed by atoms with Gasteiger partial charge < -0.3 is 4.74 Å². The van der Waals surface area contributed by atoms with Crippen molar-refractivity contribution in [1.29, 1.82) is 0 Å². The lowest BCUT2D eigenvalue weighted by Gasteiger charge is -1.98. The highest BCUT2D eigenvalue weighted by Crippen LogP contribution is 2.02. The van der Waals surface area contributed by atoms with Gasteiger partial charge in [0.15, 0.2) is 0 Å². The quantitative estimate of drug-likeness (QED) is 0.440. The van der Waals surface area contributed by atoms with E-state index in [1.54, 1.807) is 11.8 Å². The molecule has 0 aromatic rings. The van der Waals surface area contributed by atoms with E-state index in [9.17, 15) is 4.79 Å². The number of hydrogen-bond acceptors (Lipinski definition) is 3. The Morgan fingerprint density at radius 1 is 1.78 bits per heavy atom. The molecule has 0 spiro atoms. The molecule has 0 rings (SSSR count). The summed E-state index contributed by atoms with van der Waals surface area (Å²) in [6, 6.07) is 0. The molecule has 9 heavy (non-hydrogen) atoms. The number of carbonyl (C=O) groups excluding carboxylic acids is 1. The maximum Gasteiger partial charge on any atom is 0.333 e. The summed E-state index contributed by atoms with van der Waals surface area (Å²) in [5, 5.41) is 0. The van der Waals surface area contributed by atoms with Gasteiger partial charge in [-0.25, -0.2) is 4.79 Å². The normalized spacial score (nSPS) is 8.67. The van der Waals surface area contributed by atoms with Gasteiger partial charge in [-0.15, -0.1) is 0 Å². The fraction of sp³-hybridized carbons (Fsp3) is 0.500. The Morgan fingerprint density at radius 2 is 2.33 bits per heavy atom. The first kappa shape index (κ1) is 8.56. The Balaban J connectivity index is 3.60. The average Bonchev–Trinajstić information content (AvgIpc) is 1.87. The maximum atomic E-state index is 10.6. The molecule has 0 radical (unpaired) electrons. The van der Waals surface area contributed by atoms with Gasteiger partial charge in [-0.1, -0.05) is 6.58 Å². The second kappa shape index (κ2) is 4.44. The van der Waals surface area contributed by atoms with Gasteiger partial charge in [0, 0.05) is 11.3 Å². The Kier molecular flexibility index (Phi) is 4.22. The number of ether oxygens (including phenoxy) is 1. The van der Waals surface area contributed by atoms with Crippen LogP contribution in [0, 0.1) is 0 Å². The Bertz CT molecular complexity index is 120. The highest BCUT2D eigenvalue weighted by Gasteiger charge is 2.03.